The van der Waals surface area contributed by atoms with E-state index in [0.29, 0.717) is 0 Å². The van der Waals surface area contributed by atoms with E-state index in [9.17, 15) is 4.79 Å². The molecule has 1 amide bonds. The van der Waals surface area contributed by atoms with Gasteiger partial charge in [0.1, 0.15) is 0 Å². The van der Waals surface area contributed by atoms with Crippen molar-refractivity contribution in [3.8, 4) is 0 Å². The van der Waals surface area contributed by atoms with Crippen LogP contribution >= 0.6 is 11.3 Å². The number of rotatable bonds is 3. The van der Waals surface area contributed by atoms with Crippen LogP contribution in [0.3, 0.4) is 0 Å². The fraction of sp³-hybridized carbons (Fsp3) is 0.733. The van der Waals surface area contributed by atoms with E-state index < -0.39 is 0 Å². The summed E-state index contributed by atoms with van der Waals surface area (Å²) >= 11 is 1.85. The molecule has 1 aliphatic carbocycles. The molecule has 2 rings (SSSR count). The Morgan fingerprint density at radius 1 is 1.53 bits per heavy atom. The molecule has 1 atom stereocenters. The maximum absolute atomic E-state index is 11.2. The Bertz CT molecular complexity index is 478. The molecule has 1 heterocycles. The largest absolute Gasteiger partial charge is 0.346 e. The predicted octanol–water partition coefficient (Wildman–Crippen LogP) is 3.02. The zero-order chi connectivity index (χ0) is 14.2. The number of fused-ring (bicyclic) bond motifs is 1. The summed E-state index contributed by atoms with van der Waals surface area (Å²) < 4.78 is 0. The number of thiazole rings is 1. The Kier molecular flexibility index (Phi) is 4.00. The molecule has 0 N–H and O–H groups in total. The molecule has 0 bridgehead atoms. The average Bonchev–Trinajstić information content (AvgIpc) is 2.68. The third-order valence-electron chi connectivity index (χ3n) is 3.96. The number of likely N-dealkylation sites (N-methyl/N-ethyl adjacent to an activating group) is 1. The summed E-state index contributed by atoms with van der Waals surface area (Å²) in [6, 6.07) is 0. The SMILES string of the molecule is CC(=O)N(C)CCc1nc2c(s1)C(C)(C)CC(C)C2. The van der Waals surface area contributed by atoms with E-state index in [0.717, 1.165) is 25.3 Å². The third-order valence-corrected chi connectivity index (χ3v) is 5.48. The molecule has 0 aliphatic heterocycles. The molecule has 1 aliphatic rings. The van der Waals surface area contributed by atoms with Crippen molar-refractivity contribution in [3.63, 3.8) is 0 Å². The Morgan fingerprint density at radius 2 is 2.21 bits per heavy atom. The first-order valence-electron chi connectivity index (χ1n) is 7.00. The Balaban J connectivity index is 2.12. The molecule has 19 heavy (non-hydrogen) atoms. The van der Waals surface area contributed by atoms with Crippen LogP contribution in [0.1, 0.15) is 49.7 Å². The summed E-state index contributed by atoms with van der Waals surface area (Å²) in [5.41, 5.74) is 1.56. The van der Waals surface area contributed by atoms with E-state index >= 15 is 0 Å². The Hall–Kier alpha value is -0.900. The molecule has 0 saturated carbocycles. The van der Waals surface area contributed by atoms with Crippen molar-refractivity contribution in [2.75, 3.05) is 13.6 Å². The van der Waals surface area contributed by atoms with Crippen LogP contribution in [-0.4, -0.2) is 29.4 Å². The second-order valence-electron chi connectivity index (χ2n) is 6.47. The number of nitrogens with zero attached hydrogens (tertiary/aromatic N) is 2. The maximum atomic E-state index is 11.2. The van der Waals surface area contributed by atoms with Crippen LogP contribution in [0.5, 0.6) is 0 Å². The van der Waals surface area contributed by atoms with Gasteiger partial charge in [0.2, 0.25) is 5.91 Å². The minimum atomic E-state index is 0.121. The summed E-state index contributed by atoms with van der Waals surface area (Å²) in [4.78, 5) is 19.2. The standard InChI is InChI=1S/C15H24N2OS/c1-10-8-12-14(15(3,4)9-10)19-13(16-12)6-7-17(5)11(2)18/h10H,6-9H2,1-5H3. The van der Waals surface area contributed by atoms with Gasteiger partial charge in [-0.1, -0.05) is 20.8 Å². The zero-order valence-corrected chi connectivity index (χ0v) is 13.4. The molecule has 4 heteroatoms. The van der Waals surface area contributed by atoms with E-state index in [1.165, 1.54) is 22.0 Å². The number of hydrogen-bond acceptors (Lipinski definition) is 3. The van der Waals surface area contributed by atoms with Gasteiger partial charge in [-0.3, -0.25) is 4.79 Å². The molecule has 1 unspecified atom stereocenters. The number of hydrogen-bond donors (Lipinski definition) is 0. The molecule has 0 spiro atoms. The molecule has 1 aromatic rings. The van der Waals surface area contributed by atoms with Crippen LogP contribution in [0.2, 0.25) is 0 Å². The first-order valence-corrected chi connectivity index (χ1v) is 7.82. The van der Waals surface area contributed by atoms with Crippen LogP contribution in [0, 0.1) is 5.92 Å². The first-order chi connectivity index (χ1) is 8.79. The minimum absolute atomic E-state index is 0.121. The number of amides is 1. The van der Waals surface area contributed by atoms with Crippen LogP contribution in [0.4, 0.5) is 0 Å². The second-order valence-corrected chi connectivity index (χ2v) is 7.55. The summed E-state index contributed by atoms with van der Waals surface area (Å²) in [6.07, 6.45) is 3.23. The van der Waals surface area contributed by atoms with E-state index in [1.807, 2.05) is 18.4 Å². The molecule has 0 radical (unpaired) electrons. The monoisotopic (exact) mass is 280 g/mol. The lowest BCUT2D eigenvalue weighted by Gasteiger charge is -2.32. The average molecular weight is 280 g/mol. The van der Waals surface area contributed by atoms with Gasteiger partial charge in [0.15, 0.2) is 0 Å². The molecular weight excluding hydrogens is 256 g/mol. The van der Waals surface area contributed by atoms with Gasteiger partial charge in [-0.25, -0.2) is 4.98 Å². The van der Waals surface area contributed by atoms with E-state index in [-0.39, 0.29) is 11.3 Å². The van der Waals surface area contributed by atoms with Crippen LogP contribution in [0.25, 0.3) is 0 Å². The van der Waals surface area contributed by atoms with Crippen LogP contribution in [-0.2, 0) is 23.1 Å². The van der Waals surface area contributed by atoms with Crippen molar-refractivity contribution in [2.45, 2.75) is 52.4 Å². The quantitative estimate of drug-likeness (QED) is 0.852. The predicted molar refractivity (Wildman–Crippen MR) is 79.6 cm³/mol. The van der Waals surface area contributed by atoms with Gasteiger partial charge in [0, 0.05) is 37.2 Å². The van der Waals surface area contributed by atoms with Crippen LogP contribution in [0.15, 0.2) is 0 Å². The van der Waals surface area contributed by atoms with Gasteiger partial charge in [-0.2, -0.15) is 0 Å². The van der Waals surface area contributed by atoms with Crippen molar-refractivity contribution in [1.29, 1.82) is 0 Å². The van der Waals surface area contributed by atoms with Gasteiger partial charge in [0.05, 0.1) is 10.7 Å². The highest BCUT2D eigenvalue weighted by molar-refractivity contribution is 7.11. The van der Waals surface area contributed by atoms with Gasteiger partial charge >= 0.3 is 0 Å². The van der Waals surface area contributed by atoms with Gasteiger partial charge in [-0.15, -0.1) is 11.3 Å². The summed E-state index contributed by atoms with van der Waals surface area (Å²) in [6.45, 7) is 9.33. The lowest BCUT2D eigenvalue weighted by atomic mass is 9.75. The minimum Gasteiger partial charge on any atom is -0.346 e. The molecule has 0 aromatic carbocycles. The van der Waals surface area contributed by atoms with Crippen molar-refractivity contribution in [2.24, 2.45) is 5.92 Å². The Labute approximate surface area is 120 Å². The zero-order valence-electron chi connectivity index (χ0n) is 12.6. The fourth-order valence-electron chi connectivity index (χ4n) is 2.96. The van der Waals surface area contributed by atoms with E-state index in [4.69, 9.17) is 4.98 Å². The topological polar surface area (TPSA) is 33.2 Å². The second kappa shape index (κ2) is 5.23. The summed E-state index contributed by atoms with van der Waals surface area (Å²) in [5, 5.41) is 1.18. The highest BCUT2D eigenvalue weighted by Crippen LogP contribution is 2.42. The third kappa shape index (κ3) is 3.16. The molecule has 106 valence electrons. The van der Waals surface area contributed by atoms with Crippen LogP contribution < -0.4 is 0 Å². The summed E-state index contributed by atoms with van der Waals surface area (Å²) in [5.74, 6) is 0.840. The molecule has 3 nitrogen and oxygen atoms in total. The first kappa shape index (κ1) is 14.5. The highest BCUT2D eigenvalue weighted by Gasteiger charge is 2.34. The van der Waals surface area contributed by atoms with Gasteiger partial charge < -0.3 is 4.90 Å². The Morgan fingerprint density at radius 3 is 2.84 bits per heavy atom. The van der Waals surface area contributed by atoms with E-state index in [1.54, 1.807) is 11.8 Å². The highest BCUT2D eigenvalue weighted by atomic mass is 32.1. The normalized spacial score (nSPS) is 21.0. The number of aromatic nitrogens is 1. The molecular formula is C15H24N2OS. The number of carbonyl (C=O) groups excluding carboxylic acids is 1. The van der Waals surface area contributed by atoms with Gasteiger partial charge in [0.25, 0.3) is 0 Å². The van der Waals surface area contributed by atoms with Crippen molar-refractivity contribution >= 4 is 17.2 Å². The lowest BCUT2D eigenvalue weighted by Crippen LogP contribution is -2.27. The van der Waals surface area contributed by atoms with Gasteiger partial charge in [-0.05, 0) is 18.8 Å². The maximum Gasteiger partial charge on any atom is 0.219 e. The number of carbonyl (C=O) groups is 1. The van der Waals surface area contributed by atoms with Crippen molar-refractivity contribution in [3.05, 3.63) is 15.6 Å². The summed E-state index contributed by atoms with van der Waals surface area (Å²) in [7, 11) is 1.85. The smallest absolute Gasteiger partial charge is 0.219 e. The van der Waals surface area contributed by atoms with Crippen molar-refractivity contribution in [1.82, 2.24) is 9.88 Å². The molecule has 1 aromatic heterocycles. The fourth-order valence-corrected chi connectivity index (χ4v) is 4.15. The lowest BCUT2D eigenvalue weighted by molar-refractivity contribution is -0.127. The molecule has 0 saturated heterocycles. The molecule has 0 fully saturated rings. The van der Waals surface area contributed by atoms with Crippen molar-refractivity contribution < 1.29 is 4.79 Å². The van der Waals surface area contributed by atoms with E-state index in [2.05, 4.69) is 20.8 Å².